The Hall–Kier alpha value is -1.41. The van der Waals surface area contributed by atoms with Crippen LogP contribution in [-0.2, 0) is 0 Å². The second kappa shape index (κ2) is 10.6. The molecule has 0 radical (unpaired) electrons. The largest absolute Gasteiger partial charge is 0.493 e. The van der Waals surface area contributed by atoms with Crippen LogP contribution >= 0.6 is 35.7 Å². The average molecular weight is 469 g/mol. The van der Waals surface area contributed by atoms with Crippen molar-refractivity contribution in [2.45, 2.75) is 23.8 Å². The Balaban J connectivity index is 0.00000225. The maximum absolute atomic E-state index is 6.05. The lowest BCUT2D eigenvalue weighted by molar-refractivity contribution is 0.262. The van der Waals surface area contributed by atoms with Gasteiger partial charge in [0, 0.05) is 23.4 Å². The minimum atomic E-state index is 0. The number of guanidine groups is 1. The highest BCUT2D eigenvalue weighted by Gasteiger charge is 2.20. The maximum Gasteiger partial charge on any atom is 0.189 e. The number of thioether (sulfide) groups is 1. The SMILES string of the molecule is I.NC(=NCCCSc1ccccc1)NC1CCOc2ccccc21. The van der Waals surface area contributed by atoms with Crippen LogP contribution in [0.4, 0.5) is 0 Å². The van der Waals surface area contributed by atoms with E-state index in [9.17, 15) is 0 Å². The fourth-order valence-corrected chi connectivity index (χ4v) is 3.55. The zero-order chi connectivity index (χ0) is 16.6. The second-order valence-electron chi connectivity index (χ2n) is 5.65. The van der Waals surface area contributed by atoms with Crippen LogP contribution in [0.15, 0.2) is 64.5 Å². The number of fused-ring (bicyclic) bond motifs is 1. The van der Waals surface area contributed by atoms with Crippen LogP contribution in [-0.4, -0.2) is 24.9 Å². The molecule has 0 saturated heterocycles. The van der Waals surface area contributed by atoms with E-state index in [0.29, 0.717) is 12.6 Å². The van der Waals surface area contributed by atoms with E-state index in [0.717, 1.165) is 36.5 Å². The zero-order valence-corrected chi connectivity index (χ0v) is 17.2. The predicted molar refractivity (Wildman–Crippen MR) is 116 cm³/mol. The van der Waals surface area contributed by atoms with Crippen molar-refractivity contribution < 1.29 is 4.74 Å². The van der Waals surface area contributed by atoms with Crippen molar-refractivity contribution in [3.63, 3.8) is 0 Å². The first kappa shape index (κ1) is 19.9. The second-order valence-corrected chi connectivity index (χ2v) is 6.82. The van der Waals surface area contributed by atoms with Crippen molar-refractivity contribution in [3.05, 3.63) is 60.2 Å². The van der Waals surface area contributed by atoms with E-state index in [1.807, 2.05) is 36.0 Å². The Morgan fingerprint density at radius 3 is 2.76 bits per heavy atom. The molecule has 0 fully saturated rings. The Kier molecular flexibility index (Phi) is 8.40. The monoisotopic (exact) mass is 469 g/mol. The van der Waals surface area contributed by atoms with E-state index < -0.39 is 0 Å². The number of halogens is 1. The van der Waals surface area contributed by atoms with Gasteiger partial charge in [0.25, 0.3) is 0 Å². The maximum atomic E-state index is 6.05. The van der Waals surface area contributed by atoms with Crippen LogP contribution in [0.3, 0.4) is 0 Å². The lowest BCUT2D eigenvalue weighted by Gasteiger charge is -2.26. The Labute approximate surface area is 170 Å². The summed E-state index contributed by atoms with van der Waals surface area (Å²) in [7, 11) is 0. The standard InChI is InChI=1S/C19H23N3OS.HI/c20-19(21-12-6-14-24-15-7-2-1-3-8-15)22-17-11-13-23-18-10-5-4-9-16(17)18;/h1-5,7-10,17H,6,11-14H2,(H3,20,21,22);1H. The van der Waals surface area contributed by atoms with Crippen LogP contribution in [0.1, 0.15) is 24.4 Å². The van der Waals surface area contributed by atoms with Gasteiger partial charge in [0.05, 0.1) is 12.6 Å². The molecule has 0 bridgehead atoms. The van der Waals surface area contributed by atoms with Crippen molar-refractivity contribution in [2.24, 2.45) is 10.7 Å². The molecule has 1 unspecified atom stereocenters. The number of para-hydroxylation sites is 1. The first-order valence-corrected chi connectivity index (χ1v) is 9.27. The number of nitrogens with one attached hydrogen (secondary N) is 1. The van der Waals surface area contributed by atoms with Gasteiger partial charge in [0.2, 0.25) is 0 Å². The molecule has 25 heavy (non-hydrogen) atoms. The molecule has 1 aliphatic heterocycles. The smallest absolute Gasteiger partial charge is 0.189 e. The first-order chi connectivity index (χ1) is 11.8. The Morgan fingerprint density at radius 1 is 1.16 bits per heavy atom. The predicted octanol–water partition coefficient (Wildman–Crippen LogP) is 4.21. The van der Waals surface area contributed by atoms with E-state index in [-0.39, 0.29) is 30.0 Å². The molecule has 0 saturated carbocycles. The summed E-state index contributed by atoms with van der Waals surface area (Å²) >= 11 is 1.85. The molecule has 0 spiro atoms. The van der Waals surface area contributed by atoms with E-state index in [1.165, 1.54) is 4.90 Å². The number of hydrogen-bond donors (Lipinski definition) is 2. The molecule has 1 atom stereocenters. The Morgan fingerprint density at radius 2 is 1.92 bits per heavy atom. The van der Waals surface area contributed by atoms with Crippen LogP contribution in [0, 0.1) is 0 Å². The number of benzene rings is 2. The summed E-state index contributed by atoms with van der Waals surface area (Å²) in [5.41, 5.74) is 7.20. The third-order valence-electron chi connectivity index (χ3n) is 3.88. The van der Waals surface area contributed by atoms with Crippen LogP contribution in [0.25, 0.3) is 0 Å². The summed E-state index contributed by atoms with van der Waals surface area (Å²) in [6, 6.07) is 18.7. The average Bonchev–Trinajstić information content (AvgIpc) is 2.63. The molecule has 0 aromatic heterocycles. The van der Waals surface area contributed by atoms with Crippen molar-refractivity contribution in [2.75, 3.05) is 18.9 Å². The molecule has 6 heteroatoms. The number of ether oxygens (including phenoxy) is 1. The summed E-state index contributed by atoms with van der Waals surface area (Å²) in [5, 5.41) is 3.32. The van der Waals surface area contributed by atoms with Gasteiger partial charge in [-0.15, -0.1) is 35.7 Å². The van der Waals surface area contributed by atoms with E-state index in [2.05, 4.69) is 40.6 Å². The number of hydrogen-bond acceptors (Lipinski definition) is 3. The number of aliphatic imine (C=N–C) groups is 1. The zero-order valence-electron chi connectivity index (χ0n) is 14.1. The van der Waals surface area contributed by atoms with Crippen molar-refractivity contribution >= 4 is 41.7 Å². The van der Waals surface area contributed by atoms with Gasteiger partial charge in [0.1, 0.15) is 5.75 Å². The van der Waals surface area contributed by atoms with E-state index >= 15 is 0 Å². The summed E-state index contributed by atoms with van der Waals surface area (Å²) < 4.78 is 5.67. The van der Waals surface area contributed by atoms with Gasteiger partial charge in [0.15, 0.2) is 5.96 Å². The molecular weight excluding hydrogens is 445 g/mol. The topological polar surface area (TPSA) is 59.6 Å². The Bertz CT molecular complexity index is 681. The number of rotatable bonds is 6. The summed E-state index contributed by atoms with van der Waals surface area (Å²) in [6.07, 6.45) is 1.91. The lowest BCUT2D eigenvalue weighted by Crippen LogP contribution is -2.37. The fourth-order valence-electron chi connectivity index (χ4n) is 2.69. The third-order valence-corrected chi connectivity index (χ3v) is 4.98. The molecule has 3 rings (SSSR count). The first-order valence-electron chi connectivity index (χ1n) is 8.29. The highest BCUT2D eigenvalue weighted by molar-refractivity contribution is 14.0. The van der Waals surface area contributed by atoms with E-state index in [1.54, 1.807) is 0 Å². The highest BCUT2D eigenvalue weighted by Crippen LogP contribution is 2.31. The quantitative estimate of drug-likeness (QED) is 0.219. The molecule has 3 N–H and O–H groups in total. The summed E-state index contributed by atoms with van der Waals surface area (Å²) in [5.74, 6) is 2.50. The molecule has 1 aliphatic rings. The van der Waals surface area contributed by atoms with Crippen LogP contribution in [0.2, 0.25) is 0 Å². The van der Waals surface area contributed by atoms with Gasteiger partial charge in [-0.1, -0.05) is 36.4 Å². The van der Waals surface area contributed by atoms with Gasteiger partial charge in [-0.25, -0.2) is 0 Å². The van der Waals surface area contributed by atoms with Gasteiger partial charge in [-0.05, 0) is 30.4 Å². The molecule has 2 aromatic carbocycles. The highest BCUT2D eigenvalue weighted by atomic mass is 127. The minimum Gasteiger partial charge on any atom is -0.493 e. The number of nitrogens with zero attached hydrogens (tertiary/aromatic N) is 1. The van der Waals surface area contributed by atoms with Crippen molar-refractivity contribution in [1.29, 1.82) is 0 Å². The normalized spacial score (nSPS) is 16.3. The van der Waals surface area contributed by atoms with Crippen LogP contribution < -0.4 is 15.8 Å². The molecule has 0 amide bonds. The van der Waals surface area contributed by atoms with Gasteiger partial charge in [-0.2, -0.15) is 0 Å². The molecule has 134 valence electrons. The van der Waals surface area contributed by atoms with E-state index in [4.69, 9.17) is 10.5 Å². The van der Waals surface area contributed by atoms with Crippen molar-refractivity contribution in [3.8, 4) is 5.75 Å². The van der Waals surface area contributed by atoms with Crippen molar-refractivity contribution in [1.82, 2.24) is 5.32 Å². The molecule has 1 heterocycles. The molecule has 0 aliphatic carbocycles. The van der Waals surface area contributed by atoms with Gasteiger partial charge in [-0.3, -0.25) is 4.99 Å². The summed E-state index contributed by atoms with van der Waals surface area (Å²) in [4.78, 5) is 5.75. The van der Waals surface area contributed by atoms with Gasteiger partial charge < -0.3 is 15.8 Å². The third kappa shape index (κ3) is 6.11. The summed E-state index contributed by atoms with van der Waals surface area (Å²) in [6.45, 7) is 1.44. The van der Waals surface area contributed by atoms with Gasteiger partial charge >= 0.3 is 0 Å². The molecule has 2 aromatic rings. The minimum absolute atomic E-state index is 0. The molecular formula is C19H24IN3OS. The fraction of sp³-hybridized carbons (Fsp3) is 0.316. The van der Waals surface area contributed by atoms with Crippen LogP contribution in [0.5, 0.6) is 5.75 Å². The lowest BCUT2D eigenvalue weighted by atomic mass is 10.0. The molecule has 4 nitrogen and oxygen atoms in total. The number of nitrogens with two attached hydrogens (primary N) is 1.